The second-order valence-corrected chi connectivity index (χ2v) is 9.55. The molecule has 2 aromatic rings. The maximum Gasteiger partial charge on any atom is 0.417 e. The number of carbonyl (C=O) groups is 1. The van der Waals surface area contributed by atoms with Gasteiger partial charge in [-0.15, -0.1) is 0 Å². The van der Waals surface area contributed by atoms with Crippen LogP contribution in [-0.4, -0.2) is 37.9 Å². The van der Waals surface area contributed by atoms with Crippen LogP contribution in [0.4, 0.5) is 18.9 Å². The van der Waals surface area contributed by atoms with Gasteiger partial charge in [0.15, 0.2) is 9.84 Å². The van der Waals surface area contributed by atoms with Gasteiger partial charge in [0.1, 0.15) is 5.69 Å². The van der Waals surface area contributed by atoms with Crippen LogP contribution in [0.3, 0.4) is 0 Å². The summed E-state index contributed by atoms with van der Waals surface area (Å²) in [7, 11) is -2.23. The van der Waals surface area contributed by atoms with Gasteiger partial charge < -0.3 is 14.6 Å². The van der Waals surface area contributed by atoms with Crippen LogP contribution in [0.25, 0.3) is 0 Å². The molecule has 160 valence electrons. The quantitative estimate of drug-likeness (QED) is 0.769. The summed E-state index contributed by atoms with van der Waals surface area (Å²) < 4.78 is 71.0. The summed E-state index contributed by atoms with van der Waals surface area (Å²) in [6, 6.07) is 5.43. The van der Waals surface area contributed by atoms with Crippen LogP contribution in [0.1, 0.15) is 28.5 Å². The molecule has 0 aliphatic carbocycles. The Hall–Kier alpha value is -2.84. The van der Waals surface area contributed by atoms with E-state index in [-0.39, 0.29) is 22.0 Å². The standard InChI is InChI=1S/C19H18F3N3O4S/c1-18(9-29-10-18)11-30(27,28)14-6-16(25(2)8-14)17(26)24-13-4-3-12(7-23)15(5-13)19(20,21)22/h3-6,8H,9-11H2,1-2H3,(H,24,26). The lowest BCUT2D eigenvalue weighted by molar-refractivity contribution is -0.137. The highest BCUT2D eigenvalue weighted by molar-refractivity contribution is 7.91. The molecule has 1 aliphatic rings. The maximum absolute atomic E-state index is 13.1. The number of sulfone groups is 1. The zero-order chi connectivity index (χ0) is 22.3. The van der Waals surface area contributed by atoms with Crippen molar-refractivity contribution in [3.63, 3.8) is 0 Å². The van der Waals surface area contributed by atoms with E-state index in [9.17, 15) is 26.4 Å². The van der Waals surface area contributed by atoms with Gasteiger partial charge in [0.05, 0.1) is 41.1 Å². The second-order valence-electron chi connectivity index (χ2n) is 7.56. The monoisotopic (exact) mass is 441 g/mol. The van der Waals surface area contributed by atoms with Crippen molar-refractivity contribution < 1.29 is 31.1 Å². The van der Waals surface area contributed by atoms with Gasteiger partial charge >= 0.3 is 6.18 Å². The fourth-order valence-electron chi connectivity index (χ4n) is 3.16. The van der Waals surface area contributed by atoms with Crippen LogP contribution < -0.4 is 5.32 Å². The Labute approximate surface area is 171 Å². The summed E-state index contributed by atoms with van der Waals surface area (Å²) in [5, 5.41) is 11.2. The third kappa shape index (κ3) is 4.34. The summed E-state index contributed by atoms with van der Waals surface area (Å²) in [6.45, 7) is 2.44. The predicted molar refractivity (Wildman–Crippen MR) is 101 cm³/mol. The topological polar surface area (TPSA) is 101 Å². The fraction of sp³-hybridized carbons (Fsp3) is 0.368. The highest BCUT2D eigenvalue weighted by Crippen LogP contribution is 2.34. The third-order valence-electron chi connectivity index (χ3n) is 4.71. The number of rotatable bonds is 5. The van der Waals surface area contributed by atoms with Gasteiger partial charge in [-0.1, -0.05) is 6.92 Å². The highest BCUT2D eigenvalue weighted by atomic mass is 32.2. The third-order valence-corrected chi connectivity index (χ3v) is 6.73. The molecular weight excluding hydrogens is 423 g/mol. The molecular formula is C19H18F3N3O4S. The van der Waals surface area contributed by atoms with Crippen molar-refractivity contribution in [3.8, 4) is 6.07 Å². The number of ether oxygens (including phenoxy) is 1. The Bertz CT molecular complexity index is 1140. The minimum absolute atomic E-state index is 0.0403. The molecule has 7 nitrogen and oxygen atoms in total. The number of hydrogen-bond donors (Lipinski definition) is 1. The van der Waals surface area contributed by atoms with E-state index in [1.165, 1.54) is 36.0 Å². The molecule has 30 heavy (non-hydrogen) atoms. The van der Waals surface area contributed by atoms with E-state index >= 15 is 0 Å². The minimum atomic E-state index is -4.76. The van der Waals surface area contributed by atoms with Crippen molar-refractivity contribution in [1.82, 2.24) is 4.57 Å². The molecule has 1 aromatic heterocycles. The molecule has 2 heterocycles. The van der Waals surface area contributed by atoms with Crippen LogP contribution in [0.2, 0.25) is 0 Å². The smallest absolute Gasteiger partial charge is 0.380 e. The first-order valence-electron chi connectivity index (χ1n) is 8.74. The number of hydrogen-bond acceptors (Lipinski definition) is 5. The molecule has 3 rings (SSSR count). The average molecular weight is 441 g/mol. The molecule has 1 fully saturated rings. The lowest BCUT2D eigenvalue weighted by atomic mass is 9.92. The number of nitriles is 1. The van der Waals surface area contributed by atoms with Gasteiger partial charge in [0, 0.05) is 24.3 Å². The molecule has 0 atom stereocenters. The van der Waals surface area contributed by atoms with Gasteiger partial charge in [-0.25, -0.2) is 8.42 Å². The first-order chi connectivity index (χ1) is 13.8. The first kappa shape index (κ1) is 21.9. The molecule has 1 N–H and O–H groups in total. The minimum Gasteiger partial charge on any atom is -0.380 e. The van der Waals surface area contributed by atoms with Crippen LogP contribution in [0, 0.1) is 16.7 Å². The summed E-state index contributed by atoms with van der Waals surface area (Å²) in [6.07, 6.45) is -3.48. The number of aryl methyl sites for hydroxylation is 1. The van der Waals surface area contributed by atoms with Crippen LogP contribution >= 0.6 is 0 Å². The Kier molecular flexibility index (Phi) is 5.43. The molecule has 1 saturated heterocycles. The first-order valence-corrected chi connectivity index (χ1v) is 10.4. The molecule has 11 heteroatoms. The predicted octanol–water partition coefficient (Wildman–Crippen LogP) is 2.98. The van der Waals surface area contributed by atoms with Gasteiger partial charge in [-0.05, 0) is 24.3 Å². The zero-order valence-corrected chi connectivity index (χ0v) is 16.9. The van der Waals surface area contributed by atoms with Crippen molar-refractivity contribution in [2.24, 2.45) is 12.5 Å². The summed E-state index contributed by atoms with van der Waals surface area (Å²) in [5.74, 6) is -0.926. The summed E-state index contributed by atoms with van der Waals surface area (Å²) >= 11 is 0. The SMILES string of the molecule is Cn1cc(S(=O)(=O)CC2(C)COC2)cc1C(=O)Nc1ccc(C#N)c(C(F)(F)F)c1. The lowest BCUT2D eigenvalue weighted by Crippen LogP contribution is -2.45. The largest absolute Gasteiger partial charge is 0.417 e. The van der Waals surface area contributed by atoms with E-state index in [1.807, 2.05) is 0 Å². The highest BCUT2D eigenvalue weighted by Gasteiger charge is 2.39. The number of alkyl halides is 3. The molecule has 0 radical (unpaired) electrons. The number of benzene rings is 1. The van der Waals surface area contributed by atoms with Crippen LogP contribution in [0.15, 0.2) is 35.4 Å². The van der Waals surface area contributed by atoms with E-state index in [0.717, 1.165) is 6.07 Å². The summed E-state index contributed by atoms with van der Waals surface area (Å²) in [4.78, 5) is 12.5. The molecule has 1 aliphatic heterocycles. The van der Waals surface area contributed by atoms with Gasteiger partial charge in [-0.3, -0.25) is 4.79 Å². The van der Waals surface area contributed by atoms with Crippen LogP contribution in [-0.2, 0) is 27.8 Å². The normalized spacial score (nSPS) is 15.9. The number of aromatic nitrogens is 1. The molecule has 1 amide bonds. The molecule has 0 unspecified atom stereocenters. The Morgan fingerprint density at radius 2 is 2.00 bits per heavy atom. The second kappa shape index (κ2) is 7.45. The van der Waals surface area contributed by atoms with E-state index < -0.39 is 38.5 Å². The molecule has 0 spiro atoms. The maximum atomic E-state index is 13.1. The zero-order valence-electron chi connectivity index (χ0n) is 16.1. The Morgan fingerprint density at radius 3 is 2.53 bits per heavy atom. The van der Waals surface area contributed by atoms with Crippen molar-refractivity contribution >= 4 is 21.4 Å². The number of nitrogens with one attached hydrogen (secondary N) is 1. The summed E-state index contributed by atoms with van der Waals surface area (Å²) in [5.41, 5.74) is -2.44. The van der Waals surface area contributed by atoms with Crippen molar-refractivity contribution in [2.75, 3.05) is 24.3 Å². The Morgan fingerprint density at radius 1 is 1.33 bits per heavy atom. The van der Waals surface area contributed by atoms with Crippen LogP contribution in [0.5, 0.6) is 0 Å². The number of anilines is 1. The van der Waals surface area contributed by atoms with Crippen molar-refractivity contribution in [3.05, 3.63) is 47.3 Å². The van der Waals surface area contributed by atoms with E-state index in [1.54, 1.807) is 6.92 Å². The van der Waals surface area contributed by atoms with Gasteiger partial charge in [-0.2, -0.15) is 18.4 Å². The van der Waals surface area contributed by atoms with Crippen molar-refractivity contribution in [2.45, 2.75) is 18.0 Å². The van der Waals surface area contributed by atoms with E-state index in [4.69, 9.17) is 10.00 Å². The number of carbonyl (C=O) groups excluding carboxylic acids is 1. The number of amides is 1. The molecule has 1 aromatic carbocycles. The average Bonchev–Trinajstić information content (AvgIpc) is 3.02. The number of halogens is 3. The fourth-order valence-corrected chi connectivity index (χ4v) is 5.02. The van der Waals surface area contributed by atoms with Gasteiger partial charge in [0.2, 0.25) is 0 Å². The molecule has 0 saturated carbocycles. The number of nitrogens with zero attached hydrogens (tertiary/aromatic N) is 2. The van der Waals surface area contributed by atoms with Crippen molar-refractivity contribution in [1.29, 1.82) is 5.26 Å². The van der Waals surface area contributed by atoms with E-state index in [2.05, 4.69) is 5.32 Å². The Balaban J connectivity index is 1.84. The van der Waals surface area contributed by atoms with E-state index in [0.29, 0.717) is 19.3 Å². The van der Waals surface area contributed by atoms with Gasteiger partial charge in [0.25, 0.3) is 5.91 Å². The molecule has 0 bridgehead atoms. The lowest BCUT2D eigenvalue weighted by Gasteiger charge is -2.37.